The zero-order valence-electron chi connectivity index (χ0n) is 30.7. The molecule has 4 aliphatic rings. The van der Waals surface area contributed by atoms with Crippen molar-refractivity contribution in [1.29, 1.82) is 0 Å². The second-order valence-electron chi connectivity index (χ2n) is 14.1. The number of ether oxygens (including phenoxy) is 4. The zero-order chi connectivity index (χ0) is 38.0. The van der Waals surface area contributed by atoms with E-state index in [2.05, 4.69) is 9.97 Å². The number of methoxy groups -OCH3 is 2. The molecule has 0 bridgehead atoms. The first-order valence-electron chi connectivity index (χ1n) is 17.9. The molecule has 0 aliphatic carbocycles. The van der Waals surface area contributed by atoms with E-state index in [1.54, 1.807) is 61.5 Å². The van der Waals surface area contributed by atoms with Gasteiger partial charge in [-0.2, -0.15) is 0 Å². The van der Waals surface area contributed by atoms with Crippen molar-refractivity contribution in [1.82, 2.24) is 28.9 Å². The van der Waals surface area contributed by atoms with Gasteiger partial charge >= 0.3 is 0 Å². The average Bonchev–Trinajstić information content (AvgIpc) is 3.67. The standard InChI is InChI=1S/C40H38N8O7/c1-45-20-43-31-8-24-14-41-29-12-37(35(52-3)10-27(29)39(50)47(24)16-33(31)45)54-18-22-5-23(7-26(49)6-22)19-55-38-13-30-28(11-36(38)53-4)40(51)48-17-34-32(44-21-46(34)2)9-25(48)15-42-30/h5-7,10-15,20-21,24-25,49H,8-9,16-19H2,1-4H3/t24-,25-/m0/s1. The molecular formula is C40H38N8O7. The number of aromatic hydroxyl groups is 1. The molecule has 15 nitrogen and oxygen atoms in total. The number of hydrogen-bond acceptors (Lipinski definition) is 11. The number of nitrogens with zero attached hydrogens (tertiary/aromatic N) is 8. The molecule has 0 radical (unpaired) electrons. The van der Waals surface area contributed by atoms with Gasteiger partial charge in [0.05, 0.1) is 97.3 Å². The van der Waals surface area contributed by atoms with Gasteiger partial charge in [-0.3, -0.25) is 19.6 Å². The van der Waals surface area contributed by atoms with Gasteiger partial charge in [-0.05, 0) is 41.5 Å². The van der Waals surface area contributed by atoms with E-state index in [9.17, 15) is 14.7 Å². The molecule has 15 heteroatoms. The van der Waals surface area contributed by atoms with Gasteiger partial charge < -0.3 is 43.0 Å². The van der Waals surface area contributed by atoms with E-state index in [0.29, 0.717) is 82.6 Å². The number of imidazole rings is 2. The number of hydrogen-bond donors (Lipinski definition) is 1. The third-order valence-electron chi connectivity index (χ3n) is 10.7. The molecule has 4 aliphatic heterocycles. The second kappa shape index (κ2) is 13.3. The highest BCUT2D eigenvalue weighted by atomic mass is 16.5. The molecule has 3 aromatic carbocycles. The highest BCUT2D eigenvalue weighted by Crippen LogP contribution is 2.40. The van der Waals surface area contributed by atoms with Crippen molar-refractivity contribution in [2.24, 2.45) is 24.1 Å². The predicted octanol–water partition coefficient (Wildman–Crippen LogP) is 4.60. The lowest BCUT2D eigenvalue weighted by atomic mass is 10.0. The van der Waals surface area contributed by atoms with Gasteiger partial charge in [-0.25, -0.2) is 9.97 Å². The summed E-state index contributed by atoms with van der Waals surface area (Å²) in [6.45, 7) is 1.04. The molecule has 0 unspecified atom stereocenters. The number of carbonyl (C=O) groups is 2. The summed E-state index contributed by atoms with van der Waals surface area (Å²) >= 11 is 0. The molecule has 9 rings (SSSR count). The Labute approximate surface area is 316 Å². The van der Waals surface area contributed by atoms with Gasteiger partial charge in [0.1, 0.15) is 19.0 Å². The van der Waals surface area contributed by atoms with Crippen molar-refractivity contribution in [2.75, 3.05) is 14.2 Å². The number of aryl methyl sites for hydroxylation is 2. The molecule has 2 atom stereocenters. The number of fused-ring (bicyclic) bond motifs is 6. The number of amides is 2. The van der Waals surface area contributed by atoms with Crippen molar-refractivity contribution in [2.45, 2.75) is 51.2 Å². The van der Waals surface area contributed by atoms with E-state index in [-0.39, 0.29) is 42.9 Å². The predicted molar refractivity (Wildman–Crippen MR) is 200 cm³/mol. The Balaban J connectivity index is 0.912. The molecule has 0 spiro atoms. The summed E-state index contributed by atoms with van der Waals surface area (Å²) in [5, 5.41) is 10.7. The van der Waals surface area contributed by atoms with Crippen molar-refractivity contribution in [3.8, 4) is 28.7 Å². The van der Waals surface area contributed by atoms with E-state index < -0.39 is 0 Å². The lowest BCUT2D eigenvalue weighted by Crippen LogP contribution is -2.45. The van der Waals surface area contributed by atoms with Gasteiger partial charge in [0.2, 0.25) is 0 Å². The third kappa shape index (κ3) is 6.01. The van der Waals surface area contributed by atoms with E-state index in [1.165, 1.54) is 14.2 Å². The number of benzene rings is 3. The normalized spacial score (nSPS) is 18.0. The van der Waals surface area contributed by atoms with Crippen LogP contribution in [0.15, 0.2) is 65.1 Å². The number of aliphatic imine (C=N–C) groups is 2. The largest absolute Gasteiger partial charge is 0.508 e. The van der Waals surface area contributed by atoms with Crippen LogP contribution in [0.4, 0.5) is 11.4 Å². The van der Waals surface area contributed by atoms with E-state index in [0.717, 1.165) is 22.8 Å². The highest BCUT2D eigenvalue weighted by molar-refractivity contribution is 6.04. The lowest BCUT2D eigenvalue weighted by molar-refractivity contribution is 0.0690. The molecule has 1 N–H and O–H groups in total. The number of aromatic nitrogens is 4. The topological polar surface area (TPSA) is 158 Å². The van der Waals surface area contributed by atoms with Crippen LogP contribution >= 0.6 is 0 Å². The fourth-order valence-corrected chi connectivity index (χ4v) is 7.71. The third-order valence-corrected chi connectivity index (χ3v) is 10.7. The van der Waals surface area contributed by atoms with Gasteiger partial charge in [0, 0.05) is 51.5 Å². The summed E-state index contributed by atoms with van der Waals surface area (Å²) in [5.41, 5.74) is 7.11. The Bertz CT molecular complexity index is 2290. The minimum Gasteiger partial charge on any atom is -0.508 e. The summed E-state index contributed by atoms with van der Waals surface area (Å²) < 4.78 is 27.7. The molecule has 55 heavy (non-hydrogen) atoms. The summed E-state index contributed by atoms with van der Waals surface area (Å²) in [5.74, 6) is 1.32. The van der Waals surface area contributed by atoms with Crippen LogP contribution in [0.5, 0.6) is 28.7 Å². The number of rotatable bonds is 8. The van der Waals surface area contributed by atoms with E-state index in [1.807, 2.05) is 39.1 Å². The number of phenolic OH excluding ortho intramolecular Hbond substituents is 1. The monoisotopic (exact) mass is 742 g/mol. The van der Waals surface area contributed by atoms with E-state index in [4.69, 9.17) is 28.9 Å². The highest BCUT2D eigenvalue weighted by Gasteiger charge is 2.36. The Morgan fingerprint density at radius 2 is 1.11 bits per heavy atom. The van der Waals surface area contributed by atoms with Crippen molar-refractivity contribution in [3.63, 3.8) is 0 Å². The Morgan fingerprint density at radius 3 is 1.55 bits per heavy atom. The van der Waals surface area contributed by atoms with Crippen LogP contribution in [0.3, 0.4) is 0 Å². The molecule has 280 valence electrons. The fourth-order valence-electron chi connectivity index (χ4n) is 7.71. The number of carbonyl (C=O) groups excluding carboxylic acids is 2. The Kier molecular flexibility index (Phi) is 8.28. The first kappa shape index (κ1) is 34.1. The minimum atomic E-state index is -0.217. The molecule has 6 heterocycles. The first-order chi connectivity index (χ1) is 26.7. The van der Waals surface area contributed by atoms with Crippen LogP contribution in [-0.2, 0) is 53.2 Å². The van der Waals surface area contributed by atoms with Gasteiger partial charge in [0.25, 0.3) is 11.8 Å². The van der Waals surface area contributed by atoms with Crippen molar-refractivity contribution in [3.05, 3.63) is 100 Å². The van der Waals surface area contributed by atoms with Gasteiger partial charge in [0.15, 0.2) is 23.0 Å². The second-order valence-corrected chi connectivity index (χ2v) is 14.1. The Morgan fingerprint density at radius 1 is 0.655 bits per heavy atom. The fraction of sp³-hybridized carbons (Fsp3) is 0.300. The number of phenols is 1. The van der Waals surface area contributed by atoms with Crippen LogP contribution in [-0.4, -0.2) is 84.6 Å². The molecule has 2 amide bonds. The van der Waals surface area contributed by atoms with Crippen LogP contribution < -0.4 is 18.9 Å². The molecule has 5 aromatic rings. The van der Waals surface area contributed by atoms with Crippen LogP contribution in [0.1, 0.15) is 54.6 Å². The van der Waals surface area contributed by atoms with Crippen molar-refractivity contribution >= 4 is 35.6 Å². The molecular weight excluding hydrogens is 704 g/mol. The lowest BCUT2D eigenvalue weighted by Gasteiger charge is -2.32. The van der Waals surface area contributed by atoms with Crippen LogP contribution in [0.25, 0.3) is 0 Å². The zero-order valence-corrected chi connectivity index (χ0v) is 30.7. The average molecular weight is 743 g/mol. The smallest absolute Gasteiger partial charge is 0.257 e. The van der Waals surface area contributed by atoms with Crippen LogP contribution in [0.2, 0.25) is 0 Å². The SMILES string of the molecule is COc1cc2c(cc1OCc1cc(O)cc(COc3cc4c(cc3OC)C(=O)N3Cc5c(ncn5C)C[C@H]3C=N4)c1)N=C[C@@H]1Cc3ncn(C)c3CN1C2=O. The van der Waals surface area contributed by atoms with E-state index >= 15 is 0 Å². The Hall–Kier alpha value is -6.64. The molecule has 0 fully saturated rings. The quantitative estimate of drug-likeness (QED) is 0.240. The molecule has 0 saturated heterocycles. The summed E-state index contributed by atoms with van der Waals surface area (Å²) in [4.78, 5) is 49.6. The molecule has 2 aromatic heterocycles. The summed E-state index contributed by atoms with van der Waals surface area (Å²) in [6, 6.07) is 11.4. The summed E-state index contributed by atoms with van der Waals surface area (Å²) in [7, 11) is 6.90. The maximum atomic E-state index is 13.8. The summed E-state index contributed by atoms with van der Waals surface area (Å²) in [6.07, 6.45) is 8.31. The first-order valence-corrected chi connectivity index (χ1v) is 17.9. The van der Waals surface area contributed by atoms with Crippen molar-refractivity contribution < 1.29 is 33.6 Å². The van der Waals surface area contributed by atoms with Crippen LogP contribution in [0, 0.1) is 0 Å². The maximum absolute atomic E-state index is 13.8. The maximum Gasteiger partial charge on any atom is 0.257 e. The van der Waals surface area contributed by atoms with Gasteiger partial charge in [-0.15, -0.1) is 0 Å². The minimum absolute atomic E-state index is 0.0344. The molecule has 0 saturated carbocycles. The van der Waals surface area contributed by atoms with Gasteiger partial charge in [-0.1, -0.05) is 0 Å².